The first kappa shape index (κ1) is 66.3. The number of rotatable bonds is 9. The molecule has 23 rings (SSSR count). The van der Waals surface area contributed by atoms with E-state index in [0.29, 0.717) is 0 Å². The van der Waals surface area contributed by atoms with Gasteiger partial charge in [0.15, 0.2) is 0 Å². The lowest BCUT2D eigenvalue weighted by Gasteiger charge is -2.12. The highest BCUT2D eigenvalue weighted by molar-refractivity contribution is 6.26. The monoisotopic (exact) mass is 1440 g/mol. The fourth-order valence-electron chi connectivity index (χ4n) is 17.6. The van der Waals surface area contributed by atoms with Crippen molar-refractivity contribution in [3.63, 3.8) is 0 Å². The highest BCUT2D eigenvalue weighted by Crippen LogP contribution is 2.43. The number of para-hydroxylation sites is 6. The Morgan fingerprint density at radius 3 is 0.850 bits per heavy atom. The van der Waals surface area contributed by atoms with E-state index in [0.717, 1.165) is 0 Å². The number of hydrogen-bond acceptors (Lipinski definition) is 0. The van der Waals surface area contributed by atoms with E-state index in [-0.39, 0.29) is 0 Å². The van der Waals surface area contributed by atoms with Crippen LogP contribution < -0.4 is 0 Å². The molecule has 3 nitrogen and oxygen atoms in total. The smallest absolute Gasteiger partial charge is 0.0541 e. The lowest BCUT2D eigenvalue weighted by Crippen LogP contribution is -1.92. The molecule has 0 aliphatic rings. The van der Waals surface area contributed by atoms with Crippen LogP contribution >= 0.6 is 0 Å². The molecular formula is C110H73N3. The normalized spacial score (nSPS) is 11.5. The van der Waals surface area contributed by atoms with Crippen LogP contribution in [0.2, 0.25) is 0 Å². The van der Waals surface area contributed by atoms with Gasteiger partial charge in [-0.05, 0) is 236 Å². The molecule has 0 bridgehead atoms. The average molecular weight is 1440 g/mol. The van der Waals surface area contributed by atoms with E-state index in [9.17, 15) is 0 Å². The third kappa shape index (κ3) is 11.9. The van der Waals surface area contributed by atoms with Gasteiger partial charge in [-0.25, -0.2) is 0 Å². The first-order valence-electron chi connectivity index (χ1n) is 38.9. The van der Waals surface area contributed by atoms with Gasteiger partial charge in [0.1, 0.15) is 0 Å². The van der Waals surface area contributed by atoms with Gasteiger partial charge in [-0.15, -0.1) is 0 Å². The predicted octanol–water partition coefficient (Wildman–Crippen LogP) is 30.1. The molecule has 0 aliphatic heterocycles. The van der Waals surface area contributed by atoms with E-state index in [2.05, 4.69) is 457 Å². The van der Waals surface area contributed by atoms with Gasteiger partial charge in [0.05, 0.1) is 33.1 Å². The van der Waals surface area contributed by atoms with Gasteiger partial charge in [0, 0.05) is 49.4 Å². The molecule has 0 N–H and O–H groups in total. The van der Waals surface area contributed by atoms with Crippen molar-refractivity contribution in [3.05, 3.63) is 443 Å². The van der Waals surface area contributed by atoms with Crippen LogP contribution in [0.5, 0.6) is 0 Å². The van der Waals surface area contributed by atoms with Crippen molar-refractivity contribution in [1.29, 1.82) is 0 Å². The van der Waals surface area contributed by atoms with E-state index in [1.807, 2.05) is 0 Å². The summed E-state index contributed by atoms with van der Waals surface area (Å²) in [6.45, 7) is 0. The maximum atomic E-state index is 2.37. The minimum Gasteiger partial charge on any atom is -0.309 e. The van der Waals surface area contributed by atoms with Gasteiger partial charge in [0.2, 0.25) is 0 Å². The number of benzene rings is 20. The summed E-state index contributed by atoms with van der Waals surface area (Å²) in [5.41, 5.74) is 25.8. The predicted molar refractivity (Wildman–Crippen MR) is 482 cm³/mol. The Kier molecular flexibility index (Phi) is 16.6. The molecule has 0 saturated carbocycles. The van der Waals surface area contributed by atoms with Crippen LogP contribution in [-0.2, 0) is 0 Å². The molecule has 528 valence electrons. The molecule has 23 aromatic rings. The van der Waals surface area contributed by atoms with Crippen LogP contribution in [0.4, 0.5) is 0 Å². The van der Waals surface area contributed by atoms with Gasteiger partial charge in [-0.3, -0.25) is 0 Å². The SMILES string of the molecule is c1ccc(-n2c3ccccc3c3cc(-c4ccc(-c5ccc6c7ccccc7c7ccccc7c6c5)cc4)ccc32)cc1.c1ccc(-n2c3ccccc3c3cc(-c4cccc(-c5ccc6ccccc6c5)c4)ccc32)cc1.c1ccc(-n2c3ccccc3c3cc(-c4cccc(-c5cccc6ccccc56)c4)ccc32)cc1. The van der Waals surface area contributed by atoms with Crippen LogP contribution in [0, 0.1) is 0 Å². The van der Waals surface area contributed by atoms with Gasteiger partial charge < -0.3 is 13.7 Å². The van der Waals surface area contributed by atoms with Crippen LogP contribution in [0.25, 0.3) is 203 Å². The zero-order chi connectivity index (χ0) is 74.7. The zero-order valence-electron chi connectivity index (χ0n) is 62.0. The van der Waals surface area contributed by atoms with Crippen molar-refractivity contribution in [3.8, 4) is 83.8 Å². The quantitative estimate of drug-likeness (QED) is 0.128. The van der Waals surface area contributed by atoms with Gasteiger partial charge in [-0.2, -0.15) is 0 Å². The fraction of sp³-hybridized carbons (Fsp3) is 0. The Morgan fingerprint density at radius 2 is 0.389 bits per heavy atom. The fourth-order valence-corrected chi connectivity index (χ4v) is 17.6. The molecule has 0 amide bonds. The third-order valence-electron chi connectivity index (χ3n) is 22.9. The van der Waals surface area contributed by atoms with E-state index < -0.39 is 0 Å². The molecule has 0 spiro atoms. The molecule has 3 aromatic heterocycles. The summed E-state index contributed by atoms with van der Waals surface area (Å²) >= 11 is 0. The van der Waals surface area contributed by atoms with Crippen molar-refractivity contribution < 1.29 is 0 Å². The number of aromatic nitrogens is 3. The lowest BCUT2D eigenvalue weighted by atomic mass is 9.92. The summed E-state index contributed by atoms with van der Waals surface area (Å²) in [5, 5.41) is 20.6. The molecule has 3 heterocycles. The summed E-state index contributed by atoms with van der Waals surface area (Å²) in [4.78, 5) is 0. The summed E-state index contributed by atoms with van der Waals surface area (Å²) in [5.74, 6) is 0. The van der Waals surface area contributed by atoms with Crippen LogP contribution in [0.15, 0.2) is 443 Å². The molecule has 0 saturated heterocycles. The largest absolute Gasteiger partial charge is 0.309 e. The average Bonchev–Trinajstić information content (AvgIpc) is 1.74. The van der Waals surface area contributed by atoms with Gasteiger partial charge in [0.25, 0.3) is 0 Å². The minimum absolute atomic E-state index is 1.18. The van der Waals surface area contributed by atoms with E-state index in [4.69, 9.17) is 0 Å². The molecule has 0 unspecified atom stereocenters. The number of fused-ring (bicyclic) bond motifs is 17. The minimum atomic E-state index is 1.18. The van der Waals surface area contributed by atoms with Crippen molar-refractivity contribution >= 4 is 119 Å². The lowest BCUT2D eigenvalue weighted by molar-refractivity contribution is 1.18. The van der Waals surface area contributed by atoms with E-state index in [1.165, 1.54) is 203 Å². The van der Waals surface area contributed by atoms with Gasteiger partial charge >= 0.3 is 0 Å². The molecular weight excluding hydrogens is 1360 g/mol. The third-order valence-corrected chi connectivity index (χ3v) is 22.9. The highest BCUT2D eigenvalue weighted by Gasteiger charge is 2.19. The molecule has 20 aromatic carbocycles. The summed E-state index contributed by atoms with van der Waals surface area (Å²) in [7, 11) is 0. The van der Waals surface area contributed by atoms with E-state index in [1.54, 1.807) is 0 Å². The Morgan fingerprint density at radius 1 is 0.115 bits per heavy atom. The standard InChI is InChI=1S/C42H27N.2C34H23N/c1-2-10-32(11-3-1)43-41-17-9-8-16-38(41)40-27-31(23-25-42(40)43)29-20-18-28(19-21-29)30-22-24-37-35-14-5-4-12-33(35)34-13-6-7-15-36(34)39(37)26-30;1-2-14-28(15-3-1)35-33-19-7-6-17-31(33)32-23-26(20-21-34(32)35)25-12-8-13-27(22-25)30-18-9-11-24-10-4-5-16-29(24)30;1-2-13-30(14-3-1)35-33-16-7-6-15-31(33)32-23-29(19-20-34(32)35)27-12-8-11-26(22-27)28-18-17-24-9-4-5-10-25(24)21-28/h1-27H;2*1-23H. The second-order valence-electron chi connectivity index (χ2n) is 29.4. The van der Waals surface area contributed by atoms with Crippen LogP contribution in [-0.4, -0.2) is 13.7 Å². The summed E-state index contributed by atoms with van der Waals surface area (Å²) in [6, 6.07) is 160. The number of nitrogens with zero attached hydrogens (tertiary/aromatic N) is 3. The van der Waals surface area contributed by atoms with Crippen molar-refractivity contribution in [2.24, 2.45) is 0 Å². The first-order chi connectivity index (χ1) is 56.0. The Labute approximate surface area is 655 Å². The summed E-state index contributed by atoms with van der Waals surface area (Å²) in [6.07, 6.45) is 0. The molecule has 3 heteroatoms. The first-order valence-corrected chi connectivity index (χ1v) is 38.9. The molecule has 0 aliphatic carbocycles. The number of hydrogen-bond donors (Lipinski definition) is 0. The molecule has 0 fully saturated rings. The van der Waals surface area contributed by atoms with Crippen LogP contribution in [0.1, 0.15) is 0 Å². The maximum absolute atomic E-state index is 2.37. The second kappa shape index (κ2) is 28.3. The van der Waals surface area contributed by atoms with Crippen molar-refractivity contribution in [2.45, 2.75) is 0 Å². The second-order valence-corrected chi connectivity index (χ2v) is 29.4. The Bertz CT molecular complexity index is 7540. The maximum Gasteiger partial charge on any atom is 0.0541 e. The van der Waals surface area contributed by atoms with Crippen molar-refractivity contribution in [1.82, 2.24) is 13.7 Å². The topological polar surface area (TPSA) is 14.8 Å². The summed E-state index contributed by atoms with van der Waals surface area (Å²) < 4.78 is 7.09. The van der Waals surface area contributed by atoms with Crippen LogP contribution in [0.3, 0.4) is 0 Å². The van der Waals surface area contributed by atoms with Gasteiger partial charge in [-0.1, -0.05) is 328 Å². The molecule has 0 radical (unpaired) electrons. The molecule has 113 heavy (non-hydrogen) atoms. The Balaban J connectivity index is 0.000000108. The van der Waals surface area contributed by atoms with E-state index >= 15 is 0 Å². The zero-order valence-corrected chi connectivity index (χ0v) is 62.0. The Hall–Kier alpha value is -14.9. The van der Waals surface area contributed by atoms with Crippen molar-refractivity contribution in [2.75, 3.05) is 0 Å². The molecule has 0 atom stereocenters. The highest BCUT2D eigenvalue weighted by atomic mass is 15.0.